The van der Waals surface area contributed by atoms with Crippen LogP contribution >= 0.6 is 0 Å². The Bertz CT molecular complexity index is 541. The molecule has 0 bridgehead atoms. The van der Waals surface area contributed by atoms with Crippen LogP contribution in [-0.2, 0) is 11.3 Å². The van der Waals surface area contributed by atoms with E-state index in [1.807, 2.05) is 19.1 Å². The zero-order valence-corrected chi connectivity index (χ0v) is 13.7. The second-order valence-corrected chi connectivity index (χ2v) is 5.88. The Morgan fingerprint density at radius 2 is 1.96 bits per heavy atom. The van der Waals surface area contributed by atoms with Gasteiger partial charge in [-0.15, -0.1) is 0 Å². The van der Waals surface area contributed by atoms with Gasteiger partial charge in [-0.2, -0.15) is 0 Å². The molecule has 1 aliphatic heterocycles. The maximum Gasteiger partial charge on any atom is 0.244 e. The molecule has 0 atom stereocenters. The number of carbonyl (C=O) groups is 1. The van der Waals surface area contributed by atoms with Gasteiger partial charge in [-0.25, -0.2) is 0 Å². The number of nitrogens with zero attached hydrogens (tertiary/aromatic N) is 1. The highest BCUT2D eigenvalue weighted by Gasteiger charge is 2.18. The highest BCUT2D eigenvalue weighted by molar-refractivity contribution is 5.87. The van der Waals surface area contributed by atoms with Crippen molar-refractivity contribution in [1.29, 1.82) is 0 Å². The van der Waals surface area contributed by atoms with Gasteiger partial charge in [-0.1, -0.05) is 30.4 Å². The number of hydrogen-bond acceptors (Lipinski definition) is 3. The van der Waals surface area contributed by atoms with Crippen molar-refractivity contribution in [3.63, 3.8) is 0 Å². The third-order valence-corrected chi connectivity index (χ3v) is 4.19. The van der Waals surface area contributed by atoms with Crippen molar-refractivity contribution in [1.82, 2.24) is 5.32 Å². The Hall–Kier alpha value is -2.07. The molecule has 2 N–H and O–H groups in total. The maximum absolute atomic E-state index is 11.6. The van der Waals surface area contributed by atoms with E-state index in [0.29, 0.717) is 19.1 Å². The van der Waals surface area contributed by atoms with E-state index in [2.05, 4.69) is 34.5 Å². The summed E-state index contributed by atoms with van der Waals surface area (Å²) in [5.41, 5.74) is 2.30. The molecule has 0 spiro atoms. The lowest BCUT2D eigenvalue weighted by molar-refractivity contribution is -0.116. The average molecular weight is 314 g/mol. The fraction of sp³-hybridized carbons (Fsp3) is 0.421. The van der Waals surface area contributed by atoms with Crippen molar-refractivity contribution in [3.8, 4) is 0 Å². The largest absolute Gasteiger partial charge is 0.396 e. The zero-order valence-electron chi connectivity index (χ0n) is 13.7. The van der Waals surface area contributed by atoms with E-state index in [1.165, 1.54) is 11.8 Å². The number of carbonyl (C=O) groups excluding carboxylic acids is 1. The van der Waals surface area contributed by atoms with Crippen molar-refractivity contribution in [2.45, 2.75) is 26.3 Å². The number of rotatable bonds is 6. The Balaban J connectivity index is 1.82. The van der Waals surface area contributed by atoms with Crippen LogP contribution < -0.4 is 10.2 Å². The molecule has 0 aliphatic carbocycles. The average Bonchev–Trinajstić information content (AvgIpc) is 2.61. The van der Waals surface area contributed by atoms with E-state index < -0.39 is 0 Å². The van der Waals surface area contributed by atoms with Gasteiger partial charge in [0.05, 0.1) is 0 Å². The lowest BCUT2D eigenvalue weighted by Crippen LogP contribution is -2.34. The van der Waals surface area contributed by atoms with Gasteiger partial charge in [0.15, 0.2) is 0 Å². The summed E-state index contributed by atoms with van der Waals surface area (Å²) in [7, 11) is 0. The van der Waals surface area contributed by atoms with Gasteiger partial charge in [-0.3, -0.25) is 4.79 Å². The van der Waals surface area contributed by atoms with Crippen molar-refractivity contribution >= 4 is 11.6 Å². The monoisotopic (exact) mass is 314 g/mol. The molecule has 1 amide bonds. The van der Waals surface area contributed by atoms with Crippen molar-refractivity contribution in [3.05, 3.63) is 54.1 Å². The Labute approximate surface area is 138 Å². The molecule has 23 heavy (non-hydrogen) atoms. The van der Waals surface area contributed by atoms with E-state index in [4.69, 9.17) is 0 Å². The van der Waals surface area contributed by atoms with E-state index in [-0.39, 0.29) is 5.91 Å². The Morgan fingerprint density at radius 1 is 1.26 bits per heavy atom. The van der Waals surface area contributed by atoms with Crippen LogP contribution in [0.2, 0.25) is 0 Å². The van der Waals surface area contributed by atoms with Gasteiger partial charge in [-0.05, 0) is 43.4 Å². The summed E-state index contributed by atoms with van der Waals surface area (Å²) in [6, 6.07) is 8.33. The fourth-order valence-corrected chi connectivity index (χ4v) is 2.70. The minimum atomic E-state index is -0.0850. The number of anilines is 1. The first-order chi connectivity index (χ1) is 11.2. The summed E-state index contributed by atoms with van der Waals surface area (Å²) >= 11 is 0. The van der Waals surface area contributed by atoms with Gasteiger partial charge in [0, 0.05) is 38.0 Å². The van der Waals surface area contributed by atoms with E-state index >= 15 is 0 Å². The highest BCUT2D eigenvalue weighted by atomic mass is 16.3. The summed E-state index contributed by atoms with van der Waals surface area (Å²) in [4.78, 5) is 14.0. The minimum Gasteiger partial charge on any atom is -0.396 e. The minimum absolute atomic E-state index is 0.0850. The number of aliphatic hydroxyl groups is 1. The Morgan fingerprint density at radius 3 is 2.57 bits per heavy atom. The second kappa shape index (κ2) is 9.16. The molecule has 1 aromatic rings. The number of aliphatic hydroxyl groups excluding tert-OH is 1. The predicted octanol–water partition coefficient (Wildman–Crippen LogP) is 2.64. The van der Waals surface area contributed by atoms with Crippen LogP contribution in [-0.4, -0.2) is 30.7 Å². The van der Waals surface area contributed by atoms with Gasteiger partial charge in [0.1, 0.15) is 0 Å². The molecule has 4 heteroatoms. The fourth-order valence-electron chi connectivity index (χ4n) is 2.70. The van der Waals surface area contributed by atoms with Crippen LogP contribution in [0.1, 0.15) is 25.3 Å². The predicted molar refractivity (Wildman–Crippen MR) is 94.3 cm³/mol. The van der Waals surface area contributed by atoms with Crippen LogP contribution in [0.15, 0.2) is 48.6 Å². The van der Waals surface area contributed by atoms with E-state index in [9.17, 15) is 9.90 Å². The Kier molecular flexibility index (Phi) is 6.88. The van der Waals surface area contributed by atoms with Crippen LogP contribution in [0.4, 0.5) is 5.69 Å². The molecule has 1 heterocycles. The molecule has 0 radical (unpaired) electrons. The molecule has 1 aliphatic rings. The molecule has 0 unspecified atom stereocenters. The summed E-state index contributed by atoms with van der Waals surface area (Å²) < 4.78 is 0. The topological polar surface area (TPSA) is 52.6 Å². The molecule has 1 aromatic carbocycles. The quantitative estimate of drug-likeness (QED) is 0.627. The maximum atomic E-state index is 11.6. The molecule has 2 rings (SSSR count). The van der Waals surface area contributed by atoms with E-state index in [0.717, 1.165) is 31.5 Å². The zero-order chi connectivity index (χ0) is 16.5. The molecular weight excluding hydrogens is 288 g/mol. The standard InChI is InChI=1S/C19H26N2O2/c1-2-3-4-5-19(23)20-14-16-6-8-18(9-7-16)21-12-10-17(15-22)11-13-21/h2-9,17,22H,10-15H2,1H3,(H,20,23)/b3-2+,5-4+. The van der Waals surface area contributed by atoms with Crippen molar-refractivity contribution in [2.24, 2.45) is 5.92 Å². The number of benzene rings is 1. The first-order valence-electron chi connectivity index (χ1n) is 8.25. The molecule has 0 saturated carbocycles. The van der Waals surface area contributed by atoms with Gasteiger partial charge < -0.3 is 15.3 Å². The van der Waals surface area contributed by atoms with Crippen molar-refractivity contribution in [2.75, 3.05) is 24.6 Å². The van der Waals surface area contributed by atoms with Crippen molar-refractivity contribution < 1.29 is 9.90 Å². The third kappa shape index (κ3) is 5.57. The lowest BCUT2D eigenvalue weighted by Gasteiger charge is -2.33. The van der Waals surface area contributed by atoms with Crippen LogP contribution in [0, 0.1) is 5.92 Å². The summed E-state index contributed by atoms with van der Waals surface area (Å²) in [6.45, 7) is 4.74. The first-order valence-corrected chi connectivity index (χ1v) is 8.25. The van der Waals surface area contributed by atoms with Gasteiger partial charge in [0.2, 0.25) is 5.91 Å². The van der Waals surface area contributed by atoms with Crippen LogP contribution in [0.5, 0.6) is 0 Å². The number of amides is 1. The second-order valence-electron chi connectivity index (χ2n) is 5.88. The van der Waals surface area contributed by atoms with Crippen LogP contribution in [0.25, 0.3) is 0 Å². The number of piperidine rings is 1. The number of hydrogen-bond donors (Lipinski definition) is 2. The van der Waals surface area contributed by atoms with Crippen LogP contribution in [0.3, 0.4) is 0 Å². The molecule has 0 aromatic heterocycles. The summed E-state index contributed by atoms with van der Waals surface area (Å²) in [6.07, 6.45) is 9.06. The number of nitrogens with one attached hydrogen (secondary N) is 1. The highest BCUT2D eigenvalue weighted by Crippen LogP contribution is 2.23. The lowest BCUT2D eigenvalue weighted by atomic mass is 9.97. The molecular formula is C19H26N2O2. The number of allylic oxidation sites excluding steroid dienone is 3. The summed E-state index contributed by atoms with van der Waals surface area (Å²) in [5.74, 6) is 0.370. The SMILES string of the molecule is C/C=C/C=C/C(=O)NCc1ccc(N2CCC(CO)CC2)cc1. The molecule has 124 valence electrons. The van der Waals surface area contributed by atoms with Gasteiger partial charge >= 0.3 is 0 Å². The smallest absolute Gasteiger partial charge is 0.244 e. The molecule has 1 saturated heterocycles. The van der Waals surface area contributed by atoms with E-state index in [1.54, 1.807) is 6.08 Å². The first kappa shape index (κ1) is 17.3. The normalized spacial score (nSPS) is 16.3. The third-order valence-electron chi connectivity index (χ3n) is 4.19. The van der Waals surface area contributed by atoms with Gasteiger partial charge in [0.25, 0.3) is 0 Å². The molecule has 4 nitrogen and oxygen atoms in total. The molecule has 1 fully saturated rings. The summed E-state index contributed by atoms with van der Waals surface area (Å²) in [5, 5.41) is 12.1.